The van der Waals surface area contributed by atoms with E-state index in [9.17, 15) is 4.79 Å². The van der Waals surface area contributed by atoms with Gasteiger partial charge in [-0.05, 0) is 31.2 Å². The predicted octanol–water partition coefficient (Wildman–Crippen LogP) is 4.26. The second-order valence-corrected chi connectivity index (χ2v) is 7.11. The van der Waals surface area contributed by atoms with Crippen molar-refractivity contribution >= 4 is 39.3 Å². The number of hydrogen-bond donors (Lipinski definition) is 0. The van der Waals surface area contributed by atoms with Crippen molar-refractivity contribution in [3.63, 3.8) is 0 Å². The minimum absolute atomic E-state index is 0.101. The van der Waals surface area contributed by atoms with E-state index in [2.05, 4.69) is 11.9 Å². The number of carbonyl (C=O) groups is 1. The van der Waals surface area contributed by atoms with Crippen LogP contribution in [0.1, 0.15) is 31.7 Å². The molecule has 1 atom stereocenters. The quantitative estimate of drug-likeness (QED) is 0.566. The van der Waals surface area contributed by atoms with Crippen LogP contribution in [0.15, 0.2) is 24.3 Å². The summed E-state index contributed by atoms with van der Waals surface area (Å²) >= 11 is 3.24. The minimum Gasteiger partial charge on any atom is -0.457 e. The molecule has 20 heavy (non-hydrogen) atoms. The van der Waals surface area contributed by atoms with Gasteiger partial charge in [0.1, 0.15) is 11.6 Å². The van der Waals surface area contributed by atoms with E-state index in [1.165, 1.54) is 0 Å². The van der Waals surface area contributed by atoms with Crippen LogP contribution < -0.4 is 0 Å². The van der Waals surface area contributed by atoms with Crippen molar-refractivity contribution in [2.45, 2.75) is 38.5 Å². The molecule has 0 N–H and O–H groups in total. The average molecular weight is 309 g/mol. The number of fused-ring (bicyclic) bond motifs is 1. The van der Waals surface area contributed by atoms with E-state index in [-0.39, 0.29) is 17.8 Å². The lowest BCUT2D eigenvalue weighted by atomic mass is 10.3. The third-order valence-electron chi connectivity index (χ3n) is 2.87. The summed E-state index contributed by atoms with van der Waals surface area (Å²) < 4.78 is 6.47. The SMILES string of the molecule is CCCCSC(C)C(=O)OCc1nc2ccccc2s1. The first-order valence-corrected chi connectivity index (χ1v) is 8.70. The number of aromatic nitrogens is 1. The lowest BCUT2D eigenvalue weighted by molar-refractivity contribution is -0.143. The van der Waals surface area contributed by atoms with Gasteiger partial charge in [0.25, 0.3) is 0 Å². The third kappa shape index (κ3) is 4.21. The molecule has 0 radical (unpaired) electrons. The summed E-state index contributed by atoms with van der Waals surface area (Å²) in [6.07, 6.45) is 2.29. The molecule has 3 nitrogen and oxygen atoms in total. The number of nitrogens with zero attached hydrogens (tertiary/aromatic N) is 1. The zero-order valence-corrected chi connectivity index (χ0v) is 13.4. The van der Waals surface area contributed by atoms with Crippen LogP contribution in [0.3, 0.4) is 0 Å². The van der Waals surface area contributed by atoms with Crippen LogP contribution in [0.25, 0.3) is 10.2 Å². The van der Waals surface area contributed by atoms with Crippen molar-refractivity contribution in [1.29, 1.82) is 0 Å². The Morgan fingerprint density at radius 2 is 2.25 bits per heavy atom. The molecule has 0 spiro atoms. The predicted molar refractivity (Wildman–Crippen MR) is 86.2 cm³/mol. The van der Waals surface area contributed by atoms with E-state index in [0.717, 1.165) is 33.8 Å². The van der Waals surface area contributed by atoms with Gasteiger partial charge in [0.15, 0.2) is 0 Å². The molecule has 0 saturated heterocycles. The molecule has 0 amide bonds. The molecule has 1 heterocycles. The zero-order chi connectivity index (χ0) is 14.4. The van der Waals surface area contributed by atoms with Gasteiger partial charge in [0, 0.05) is 0 Å². The maximum absolute atomic E-state index is 11.9. The molecular formula is C15H19NO2S2. The van der Waals surface area contributed by atoms with Crippen molar-refractivity contribution in [2.75, 3.05) is 5.75 Å². The molecule has 5 heteroatoms. The number of carbonyl (C=O) groups excluding carboxylic acids is 1. The van der Waals surface area contributed by atoms with Crippen LogP contribution in [-0.4, -0.2) is 22.0 Å². The second-order valence-electron chi connectivity index (χ2n) is 4.55. The van der Waals surface area contributed by atoms with Gasteiger partial charge in [0.05, 0.1) is 15.5 Å². The maximum Gasteiger partial charge on any atom is 0.319 e. The molecule has 0 fully saturated rings. The molecule has 1 unspecified atom stereocenters. The summed E-state index contributed by atoms with van der Waals surface area (Å²) in [7, 11) is 0. The van der Waals surface area contributed by atoms with Gasteiger partial charge in [-0.3, -0.25) is 4.79 Å². The molecule has 0 bridgehead atoms. The van der Waals surface area contributed by atoms with Crippen LogP contribution in [-0.2, 0) is 16.1 Å². The molecule has 1 aromatic carbocycles. The first kappa shape index (κ1) is 15.3. The molecule has 0 saturated carbocycles. The Kier molecular flexibility index (Phi) is 5.86. The number of thiazole rings is 1. The van der Waals surface area contributed by atoms with Crippen molar-refractivity contribution in [1.82, 2.24) is 4.98 Å². The van der Waals surface area contributed by atoms with E-state index < -0.39 is 0 Å². The van der Waals surface area contributed by atoms with Crippen LogP contribution in [0.4, 0.5) is 0 Å². The number of benzene rings is 1. The minimum atomic E-state index is -0.148. The fraction of sp³-hybridized carbons (Fsp3) is 0.467. The van der Waals surface area contributed by atoms with E-state index in [4.69, 9.17) is 4.74 Å². The maximum atomic E-state index is 11.9. The number of hydrogen-bond acceptors (Lipinski definition) is 5. The Bertz CT molecular complexity index is 535. The summed E-state index contributed by atoms with van der Waals surface area (Å²) in [6.45, 7) is 4.33. The van der Waals surface area contributed by atoms with Gasteiger partial charge in [0.2, 0.25) is 0 Å². The second kappa shape index (κ2) is 7.64. The fourth-order valence-corrected chi connectivity index (χ4v) is 3.60. The smallest absolute Gasteiger partial charge is 0.319 e. The van der Waals surface area contributed by atoms with Crippen LogP contribution in [0.5, 0.6) is 0 Å². The molecule has 1 aromatic heterocycles. The van der Waals surface area contributed by atoms with Gasteiger partial charge in [-0.2, -0.15) is 0 Å². The Balaban J connectivity index is 1.83. The number of rotatable bonds is 7. The first-order valence-electron chi connectivity index (χ1n) is 6.83. The average Bonchev–Trinajstić information content (AvgIpc) is 2.87. The zero-order valence-electron chi connectivity index (χ0n) is 11.8. The van der Waals surface area contributed by atoms with Gasteiger partial charge in [-0.25, -0.2) is 4.98 Å². The Morgan fingerprint density at radius 1 is 1.45 bits per heavy atom. The number of para-hydroxylation sites is 1. The topological polar surface area (TPSA) is 39.2 Å². The number of esters is 1. The summed E-state index contributed by atoms with van der Waals surface area (Å²) in [4.78, 5) is 16.3. The summed E-state index contributed by atoms with van der Waals surface area (Å²) in [5, 5.41) is 0.751. The van der Waals surface area contributed by atoms with Crippen LogP contribution in [0, 0.1) is 0 Å². The van der Waals surface area contributed by atoms with Crippen molar-refractivity contribution in [2.24, 2.45) is 0 Å². The van der Waals surface area contributed by atoms with Crippen LogP contribution in [0.2, 0.25) is 0 Å². The molecular weight excluding hydrogens is 290 g/mol. The van der Waals surface area contributed by atoms with E-state index in [0.29, 0.717) is 0 Å². The van der Waals surface area contributed by atoms with Gasteiger partial charge >= 0.3 is 5.97 Å². The molecule has 2 aromatic rings. The summed E-state index contributed by atoms with van der Waals surface area (Å²) in [5.74, 6) is 0.860. The van der Waals surface area contributed by atoms with E-state index in [1.807, 2.05) is 31.2 Å². The van der Waals surface area contributed by atoms with Crippen LogP contribution >= 0.6 is 23.1 Å². The summed E-state index contributed by atoms with van der Waals surface area (Å²) in [6, 6.07) is 7.95. The molecule has 108 valence electrons. The molecule has 0 aliphatic carbocycles. The largest absolute Gasteiger partial charge is 0.457 e. The van der Waals surface area contributed by atoms with Crippen molar-refractivity contribution in [3.8, 4) is 0 Å². The summed E-state index contributed by atoms with van der Waals surface area (Å²) in [5.41, 5.74) is 0.967. The molecule has 0 aliphatic rings. The lowest BCUT2D eigenvalue weighted by Crippen LogP contribution is -2.17. The Morgan fingerprint density at radius 3 is 3.00 bits per heavy atom. The number of thioether (sulfide) groups is 1. The first-order chi connectivity index (χ1) is 9.70. The number of ether oxygens (including phenoxy) is 1. The highest BCUT2D eigenvalue weighted by Gasteiger charge is 2.15. The normalized spacial score (nSPS) is 12.5. The van der Waals surface area contributed by atoms with Gasteiger partial charge < -0.3 is 4.74 Å². The van der Waals surface area contributed by atoms with E-state index >= 15 is 0 Å². The van der Waals surface area contributed by atoms with Gasteiger partial charge in [-0.15, -0.1) is 23.1 Å². The highest BCUT2D eigenvalue weighted by atomic mass is 32.2. The standard InChI is InChI=1S/C15H19NO2S2/c1-3-4-9-19-11(2)15(17)18-10-14-16-12-7-5-6-8-13(12)20-14/h5-8,11H,3-4,9-10H2,1-2H3. The highest BCUT2D eigenvalue weighted by molar-refractivity contribution is 8.00. The number of unbranched alkanes of at least 4 members (excludes halogenated alkanes) is 1. The van der Waals surface area contributed by atoms with E-state index in [1.54, 1.807) is 23.1 Å². The monoisotopic (exact) mass is 309 g/mol. The van der Waals surface area contributed by atoms with Crippen molar-refractivity contribution in [3.05, 3.63) is 29.3 Å². The third-order valence-corrected chi connectivity index (χ3v) is 5.10. The Hall–Kier alpha value is -1.07. The fourth-order valence-electron chi connectivity index (χ4n) is 1.70. The van der Waals surface area contributed by atoms with Gasteiger partial charge in [-0.1, -0.05) is 25.5 Å². The van der Waals surface area contributed by atoms with Crippen molar-refractivity contribution < 1.29 is 9.53 Å². The Labute approximate surface area is 127 Å². The lowest BCUT2D eigenvalue weighted by Gasteiger charge is -2.09. The molecule has 2 rings (SSSR count). The highest BCUT2D eigenvalue weighted by Crippen LogP contribution is 2.22. The molecule has 0 aliphatic heterocycles.